The van der Waals surface area contributed by atoms with Crippen LogP contribution in [0.15, 0.2) is 59.1 Å². The van der Waals surface area contributed by atoms with Crippen molar-refractivity contribution in [2.75, 3.05) is 0 Å². The van der Waals surface area contributed by atoms with Gasteiger partial charge in [-0.1, -0.05) is 71.3 Å². The van der Waals surface area contributed by atoms with Gasteiger partial charge in [0.05, 0.1) is 21.7 Å². The number of hydrogen-bond donors (Lipinski definition) is 0. The lowest BCUT2D eigenvalue weighted by molar-refractivity contribution is 0.590. The van der Waals surface area contributed by atoms with E-state index in [0.29, 0.717) is 0 Å². The fraction of sp³-hybridized carbons (Fsp3) is 0.308. The van der Waals surface area contributed by atoms with Gasteiger partial charge in [0, 0.05) is 15.2 Å². The molecule has 1 heterocycles. The Morgan fingerprint density at radius 1 is 0.724 bits per heavy atom. The van der Waals surface area contributed by atoms with Gasteiger partial charge in [-0.15, -0.1) is 0 Å². The molecule has 4 aromatic rings. The molecule has 0 saturated heterocycles. The second-order valence-electron chi connectivity index (χ2n) is 9.87. The zero-order chi connectivity index (χ0) is 21.1. The Morgan fingerprint density at radius 3 is 1.66 bits per heavy atom. The number of benzene rings is 3. The van der Waals surface area contributed by atoms with Crippen molar-refractivity contribution in [3.63, 3.8) is 0 Å². The fourth-order valence-corrected chi connectivity index (χ4v) is 4.45. The van der Waals surface area contributed by atoms with Crippen molar-refractivity contribution in [2.24, 2.45) is 0 Å². The van der Waals surface area contributed by atoms with Gasteiger partial charge in [-0.25, -0.2) is 0 Å². The largest absolute Gasteiger partial charge is 0.308 e. The first-order valence-electron chi connectivity index (χ1n) is 10.0. The summed E-state index contributed by atoms with van der Waals surface area (Å²) < 4.78 is 3.20. The van der Waals surface area contributed by atoms with Crippen LogP contribution in [0.5, 0.6) is 0 Å². The fourth-order valence-electron chi connectivity index (χ4n) is 3.88. The monoisotopic (exact) mass is 467 g/mol. The summed E-state index contributed by atoms with van der Waals surface area (Å²) in [4.78, 5) is 0. The summed E-state index contributed by atoms with van der Waals surface area (Å²) in [6.07, 6.45) is 0. The summed E-state index contributed by atoms with van der Waals surface area (Å²) in [6.45, 7) is 13.6. The molecule has 0 saturated carbocycles. The average molecular weight is 469 g/mol. The highest BCUT2D eigenvalue weighted by Crippen LogP contribution is 2.39. The average Bonchev–Trinajstić information content (AvgIpc) is 2.95. The molecule has 0 spiro atoms. The van der Waals surface area contributed by atoms with Gasteiger partial charge < -0.3 is 4.57 Å². The van der Waals surface area contributed by atoms with Gasteiger partial charge in [-0.2, -0.15) is 0 Å². The molecule has 3 heteroatoms. The molecule has 1 nitrogen and oxygen atoms in total. The Kier molecular flexibility index (Phi) is 4.87. The van der Waals surface area contributed by atoms with E-state index in [1.54, 1.807) is 0 Å². The normalized spacial score (nSPS) is 12.8. The molecule has 0 unspecified atom stereocenters. The summed E-state index contributed by atoms with van der Waals surface area (Å²) in [5, 5.41) is 3.27. The van der Waals surface area contributed by atoms with Gasteiger partial charge in [-0.3, -0.25) is 0 Å². The number of nitrogens with zero attached hydrogens (tertiary/aromatic N) is 1. The van der Waals surface area contributed by atoms with Crippen molar-refractivity contribution < 1.29 is 0 Å². The molecule has 0 atom stereocenters. The molecule has 0 fully saturated rings. The maximum Gasteiger partial charge on any atom is 0.0788 e. The molecule has 0 aliphatic rings. The van der Waals surface area contributed by atoms with Crippen LogP contribution >= 0.6 is 27.5 Å². The van der Waals surface area contributed by atoms with Crippen LogP contribution in [-0.2, 0) is 10.8 Å². The van der Waals surface area contributed by atoms with Crippen LogP contribution in [0.1, 0.15) is 52.7 Å². The van der Waals surface area contributed by atoms with E-state index in [4.69, 9.17) is 11.6 Å². The highest BCUT2D eigenvalue weighted by Gasteiger charge is 2.21. The van der Waals surface area contributed by atoms with Gasteiger partial charge in [-0.05, 0) is 74.3 Å². The van der Waals surface area contributed by atoms with Crippen molar-refractivity contribution >= 4 is 49.3 Å². The van der Waals surface area contributed by atoms with Gasteiger partial charge in [0.2, 0.25) is 0 Å². The maximum absolute atomic E-state index is 6.73. The predicted octanol–water partition coefficient (Wildman–Crippen LogP) is 8.79. The van der Waals surface area contributed by atoms with E-state index in [-0.39, 0.29) is 10.8 Å². The Hall–Kier alpha value is -1.77. The second kappa shape index (κ2) is 6.89. The lowest BCUT2D eigenvalue weighted by Gasteiger charge is -2.19. The van der Waals surface area contributed by atoms with Crippen molar-refractivity contribution in [2.45, 2.75) is 52.4 Å². The lowest BCUT2D eigenvalue weighted by Crippen LogP contribution is -2.10. The van der Waals surface area contributed by atoms with Gasteiger partial charge in [0.1, 0.15) is 0 Å². The van der Waals surface area contributed by atoms with E-state index < -0.39 is 0 Å². The van der Waals surface area contributed by atoms with Crippen molar-refractivity contribution in [1.82, 2.24) is 4.57 Å². The maximum atomic E-state index is 6.73. The second-order valence-corrected chi connectivity index (χ2v) is 11.1. The number of halogens is 2. The van der Waals surface area contributed by atoms with Crippen LogP contribution in [0.3, 0.4) is 0 Å². The number of hydrogen-bond acceptors (Lipinski definition) is 0. The molecule has 3 aromatic carbocycles. The van der Waals surface area contributed by atoms with E-state index in [9.17, 15) is 0 Å². The summed E-state index contributed by atoms with van der Waals surface area (Å²) in [6, 6.07) is 19.8. The van der Waals surface area contributed by atoms with Crippen LogP contribution in [-0.4, -0.2) is 4.57 Å². The minimum Gasteiger partial charge on any atom is -0.308 e. The van der Waals surface area contributed by atoms with Crippen LogP contribution in [0.4, 0.5) is 0 Å². The van der Waals surface area contributed by atoms with E-state index in [0.717, 1.165) is 15.2 Å². The van der Waals surface area contributed by atoms with Gasteiger partial charge >= 0.3 is 0 Å². The topological polar surface area (TPSA) is 4.93 Å². The molecular weight excluding hydrogens is 442 g/mol. The van der Waals surface area contributed by atoms with Crippen LogP contribution < -0.4 is 0 Å². The molecule has 0 bridgehead atoms. The molecule has 4 rings (SSSR count). The number of rotatable bonds is 1. The van der Waals surface area contributed by atoms with E-state index in [1.807, 2.05) is 12.1 Å². The first-order chi connectivity index (χ1) is 13.5. The van der Waals surface area contributed by atoms with E-state index >= 15 is 0 Å². The van der Waals surface area contributed by atoms with Crippen LogP contribution in [0.25, 0.3) is 27.5 Å². The molecule has 0 aliphatic heterocycles. The van der Waals surface area contributed by atoms with E-state index in [1.165, 1.54) is 32.9 Å². The van der Waals surface area contributed by atoms with Crippen molar-refractivity contribution in [3.8, 4) is 5.69 Å². The van der Waals surface area contributed by atoms with Gasteiger partial charge in [0.15, 0.2) is 0 Å². The summed E-state index contributed by atoms with van der Waals surface area (Å²) in [7, 11) is 0. The van der Waals surface area contributed by atoms with Crippen LogP contribution in [0, 0.1) is 0 Å². The summed E-state index contributed by atoms with van der Waals surface area (Å²) >= 11 is 10.3. The Morgan fingerprint density at radius 2 is 1.21 bits per heavy atom. The lowest BCUT2D eigenvalue weighted by atomic mass is 9.85. The summed E-state index contributed by atoms with van der Waals surface area (Å²) in [5.41, 5.74) is 6.22. The summed E-state index contributed by atoms with van der Waals surface area (Å²) in [5.74, 6) is 0. The van der Waals surface area contributed by atoms with Crippen LogP contribution in [0.2, 0.25) is 5.02 Å². The Bertz CT molecular complexity index is 1160. The smallest absolute Gasteiger partial charge is 0.0788 e. The molecular formula is C26H27BrClN. The molecule has 150 valence electrons. The molecule has 0 N–H and O–H groups in total. The third-order valence-electron chi connectivity index (χ3n) is 5.67. The zero-order valence-electron chi connectivity index (χ0n) is 17.9. The molecule has 0 radical (unpaired) electrons. The van der Waals surface area contributed by atoms with Crippen molar-refractivity contribution in [3.05, 3.63) is 75.2 Å². The first-order valence-corrected chi connectivity index (χ1v) is 11.2. The standard InChI is InChI=1S/C26H27BrClN/c1-25(2,3)16-10-12-21-18(14-16)19-15-17(26(4,5)6)11-13-22(19)29(21)23-9-7-8-20(27)24(23)28/h7-15H,1-6H3. The molecule has 1 aromatic heterocycles. The van der Waals surface area contributed by atoms with E-state index in [2.05, 4.69) is 105 Å². The first kappa shape index (κ1) is 20.5. The molecule has 29 heavy (non-hydrogen) atoms. The minimum absolute atomic E-state index is 0.0949. The third-order valence-corrected chi connectivity index (χ3v) is 6.96. The Balaban J connectivity index is 2.16. The highest BCUT2D eigenvalue weighted by atomic mass is 79.9. The minimum atomic E-state index is 0.0949. The number of fused-ring (bicyclic) bond motifs is 3. The molecule has 0 aliphatic carbocycles. The quantitative estimate of drug-likeness (QED) is 0.263. The molecule has 0 amide bonds. The highest BCUT2D eigenvalue weighted by molar-refractivity contribution is 9.10. The zero-order valence-corrected chi connectivity index (χ0v) is 20.2. The predicted molar refractivity (Wildman–Crippen MR) is 131 cm³/mol. The van der Waals surface area contributed by atoms with Crippen molar-refractivity contribution in [1.29, 1.82) is 0 Å². The van der Waals surface area contributed by atoms with Gasteiger partial charge in [0.25, 0.3) is 0 Å². The SMILES string of the molecule is CC(C)(C)c1ccc2c(c1)c1cc(C(C)(C)C)ccc1n2-c1cccc(Br)c1Cl. The third kappa shape index (κ3) is 3.51. The number of aromatic nitrogens is 1. The Labute approximate surface area is 186 Å².